The first-order valence-electron chi connectivity index (χ1n) is 8.49. The fourth-order valence-corrected chi connectivity index (χ4v) is 3.12. The van der Waals surface area contributed by atoms with Crippen molar-refractivity contribution < 1.29 is 4.79 Å². The van der Waals surface area contributed by atoms with E-state index in [9.17, 15) is 4.79 Å². The van der Waals surface area contributed by atoms with Gasteiger partial charge in [0, 0.05) is 44.6 Å². The highest BCUT2D eigenvalue weighted by Gasteiger charge is 2.22. The number of hydrogen-bond acceptors (Lipinski definition) is 3. The van der Waals surface area contributed by atoms with Crippen molar-refractivity contribution >= 4 is 17.3 Å². The van der Waals surface area contributed by atoms with E-state index >= 15 is 0 Å². The Morgan fingerprint density at radius 2 is 1.71 bits per heavy atom. The summed E-state index contributed by atoms with van der Waals surface area (Å²) in [7, 11) is 1.97. The SMILES string of the molecule is Cc1cccc(N2CCN(C(=O)CN(C)c3ccccc3)CC2)c1. The molecule has 4 heteroatoms. The van der Waals surface area contributed by atoms with Crippen LogP contribution in [-0.4, -0.2) is 50.6 Å². The largest absolute Gasteiger partial charge is 0.368 e. The molecule has 1 saturated heterocycles. The molecule has 0 radical (unpaired) electrons. The average Bonchev–Trinajstić information content (AvgIpc) is 2.62. The number of rotatable bonds is 4. The molecular formula is C20H25N3O. The lowest BCUT2D eigenvalue weighted by Gasteiger charge is -2.37. The Morgan fingerprint density at radius 1 is 1.00 bits per heavy atom. The fourth-order valence-electron chi connectivity index (χ4n) is 3.12. The van der Waals surface area contributed by atoms with Crippen LogP contribution < -0.4 is 9.80 Å². The van der Waals surface area contributed by atoms with Crippen molar-refractivity contribution in [3.8, 4) is 0 Å². The lowest BCUT2D eigenvalue weighted by Crippen LogP contribution is -2.51. The van der Waals surface area contributed by atoms with Gasteiger partial charge in [0.15, 0.2) is 0 Å². The van der Waals surface area contributed by atoms with Gasteiger partial charge in [0.1, 0.15) is 0 Å². The number of para-hydroxylation sites is 1. The van der Waals surface area contributed by atoms with Crippen LogP contribution in [0.5, 0.6) is 0 Å². The predicted molar refractivity (Wildman–Crippen MR) is 99.7 cm³/mol. The molecule has 0 atom stereocenters. The number of nitrogens with zero attached hydrogens (tertiary/aromatic N) is 3. The maximum absolute atomic E-state index is 12.5. The standard InChI is InChI=1S/C20H25N3O/c1-17-7-6-10-19(15-17)22-11-13-23(14-12-22)20(24)16-21(2)18-8-4-3-5-9-18/h3-10,15H,11-14,16H2,1-2H3. The second kappa shape index (κ2) is 7.39. The van der Waals surface area contributed by atoms with E-state index in [2.05, 4.69) is 36.1 Å². The summed E-state index contributed by atoms with van der Waals surface area (Å²) in [4.78, 5) is 18.9. The minimum atomic E-state index is 0.199. The monoisotopic (exact) mass is 323 g/mol. The molecule has 1 aliphatic rings. The molecule has 0 spiro atoms. The number of likely N-dealkylation sites (N-methyl/N-ethyl adjacent to an activating group) is 1. The predicted octanol–water partition coefficient (Wildman–Crippen LogP) is 2.78. The number of carbonyl (C=O) groups excluding carboxylic acids is 1. The molecule has 1 amide bonds. The van der Waals surface area contributed by atoms with Crippen LogP contribution in [-0.2, 0) is 4.79 Å². The third-order valence-corrected chi connectivity index (χ3v) is 4.57. The zero-order valence-corrected chi connectivity index (χ0v) is 14.5. The Hall–Kier alpha value is -2.49. The van der Waals surface area contributed by atoms with Gasteiger partial charge in [-0.1, -0.05) is 30.3 Å². The highest BCUT2D eigenvalue weighted by Crippen LogP contribution is 2.18. The van der Waals surface area contributed by atoms with Crippen molar-refractivity contribution in [3.63, 3.8) is 0 Å². The molecule has 1 fully saturated rings. The van der Waals surface area contributed by atoms with Crippen LogP contribution in [0.4, 0.5) is 11.4 Å². The third-order valence-electron chi connectivity index (χ3n) is 4.57. The van der Waals surface area contributed by atoms with Gasteiger partial charge in [-0.2, -0.15) is 0 Å². The van der Waals surface area contributed by atoms with Gasteiger partial charge in [0.25, 0.3) is 0 Å². The maximum atomic E-state index is 12.5. The van der Waals surface area contributed by atoms with Gasteiger partial charge in [0.2, 0.25) is 5.91 Å². The summed E-state index contributed by atoms with van der Waals surface area (Å²) >= 11 is 0. The van der Waals surface area contributed by atoms with Crippen LogP contribution in [0.15, 0.2) is 54.6 Å². The second-order valence-corrected chi connectivity index (χ2v) is 6.40. The number of anilines is 2. The summed E-state index contributed by atoms with van der Waals surface area (Å²) in [5, 5.41) is 0. The summed E-state index contributed by atoms with van der Waals surface area (Å²) in [5.74, 6) is 0.199. The molecular weight excluding hydrogens is 298 g/mol. The Labute approximate surface area is 144 Å². The van der Waals surface area contributed by atoms with E-state index in [1.807, 2.05) is 47.2 Å². The molecule has 126 valence electrons. The van der Waals surface area contributed by atoms with Crippen LogP contribution in [0, 0.1) is 6.92 Å². The van der Waals surface area contributed by atoms with Gasteiger partial charge < -0.3 is 14.7 Å². The highest BCUT2D eigenvalue weighted by molar-refractivity contribution is 5.81. The van der Waals surface area contributed by atoms with Crippen molar-refractivity contribution in [1.82, 2.24) is 4.90 Å². The van der Waals surface area contributed by atoms with E-state index in [-0.39, 0.29) is 5.91 Å². The molecule has 0 aromatic heterocycles. The topological polar surface area (TPSA) is 26.8 Å². The minimum Gasteiger partial charge on any atom is -0.368 e. The van der Waals surface area contributed by atoms with Crippen LogP contribution in [0.3, 0.4) is 0 Å². The molecule has 24 heavy (non-hydrogen) atoms. The van der Waals surface area contributed by atoms with E-state index < -0.39 is 0 Å². The first-order chi connectivity index (χ1) is 11.6. The van der Waals surface area contributed by atoms with Crippen molar-refractivity contribution in [2.45, 2.75) is 6.92 Å². The van der Waals surface area contributed by atoms with Crippen LogP contribution >= 0.6 is 0 Å². The Morgan fingerprint density at radius 3 is 2.38 bits per heavy atom. The summed E-state index contributed by atoms with van der Waals surface area (Å²) < 4.78 is 0. The zero-order chi connectivity index (χ0) is 16.9. The van der Waals surface area contributed by atoms with Crippen molar-refractivity contribution in [1.29, 1.82) is 0 Å². The van der Waals surface area contributed by atoms with Gasteiger partial charge in [-0.25, -0.2) is 0 Å². The van der Waals surface area contributed by atoms with E-state index in [0.717, 1.165) is 31.9 Å². The zero-order valence-electron chi connectivity index (χ0n) is 14.5. The first-order valence-corrected chi connectivity index (χ1v) is 8.49. The number of amides is 1. The van der Waals surface area contributed by atoms with Crippen LogP contribution in [0.1, 0.15) is 5.56 Å². The van der Waals surface area contributed by atoms with E-state index in [0.29, 0.717) is 6.54 Å². The van der Waals surface area contributed by atoms with Gasteiger partial charge in [0.05, 0.1) is 6.54 Å². The molecule has 0 unspecified atom stereocenters. The van der Waals surface area contributed by atoms with Crippen molar-refractivity contribution in [2.75, 3.05) is 49.6 Å². The van der Waals surface area contributed by atoms with E-state index in [1.54, 1.807) is 0 Å². The van der Waals surface area contributed by atoms with E-state index in [4.69, 9.17) is 0 Å². The molecule has 1 aliphatic heterocycles. The van der Waals surface area contributed by atoms with Crippen molar-refractivity contribution in [2.24, 2.45) is 0 Å². The molecule has 0 bridgehead atoms. The average molecular weight is 323 g/mol. The molecule has 0 aliphatic carbocycles. The molecule has 4 nitrogen and oxygen atoms in total. The maximum Gasteiger partial charge on any atom is 0.242 e. The van der Waals surface area contributed by atoms with Crippen molar-refractivity contribution in [3.05, 3.63) is 60.2 Å². The number of hydrogen-bond donors (Lipinski definition) is 0. The molecule has 2 aromatic rings. The normalized spacial score (nSPS) is 14.6. The summed E-state index contributed by atoms with van der Waals surface area (Å²) in [6.45, 7) is 5.90. The van der Waals surface area contributed by atoms with Gasteiger partial charge in [-0.15, -0.1) is 0 Å². The lowest BCUT2D eigenvalue weighted by atomic mass is 10.2. The van der Waals surface area contributed by atoms with Gasteiger partial charge in [-0.05, 0) is 36.8 Å². The fraction of sp³-hybridized carbons (Fsp3) is 0.350. The summed E-state index contributed by atoms with van der Waals surface area (Å²) in [6, 6.07) is 18.6. The van der Waals surface area contributed by atoms with Gasteiger partial charge >= 0.3 is 0 Å². The summed E-state index contributed by atoms with van der Waals surface area (Å²) in [5.41, 5.74) is 3.60. The molecule has 1 heterocycles. The number of piperazine rings is 1. The lowest BCUT2D eigenvalue weighted by molar-refractivity contribution is -0.129. The van der Waals surface area contributed by atoms with E-state index in [1.165, 1.54) is 11.3 Å². The first kappa shape index (κ1) is 16.4. The number of carbonyl (C=O) groups is 1. The highest BCUT2D eigenvalue weighted by atomic mass is 16.2. The van der Waals surface area contributed by atoms with Gasteiger partial charge in [-0.3, -0.25) is 4.79 Å². The Balaban J connectivity index is 1.53. The second-order valence-electron chi connectivity index (χ2n) is 6.40. The molecule has 2 aromatic carbocycles. The smallest absolute Gasteiger partial charge is 0.242 e. The summed E-state index contributed by atoms with van der Waals surface area (Å²) in [6.07, 6.45) is 0. The van der Waals surface area contributed by atoms with Crippen LogP contribution in [0.2, 0.25) is 0 Å². The minimum absolute atomic E-state index is 0.199. The van der Waals surface area contributed by atoms with Crippen LogP contribution in [0.25, 0.3) is 0 Å². The quantitative estimate of drug-likeness (QED) is 0.866. The number of benzene rings is 2. The molecule has 0 N–H and O–H groups in total. The third kappa shape index (κ3) is 3.88. The number of aryl methyl sites for hydroxylation is 1. The molecule has 0 saturated carbocycles. The Kier molecular flexibility index (Phi) is 5.04. The Bertz CT molecular complexity index is 678. The molecule has 3 rings (SSSR count).